The van der Waals surface area contributed by atoms with Crippen LogP contribution in [0.25, 0.3) is 11.0 Å². The highest BCUT2D eigenvalue weighted by Gasteiger charge is 2.49. The van der Waals surface area contributed by atoms with Crippen LogP contribution in [0.15, 0.2) is 23.1 Å². The fourth-order valence-electron chi connectivity index (χ4n) is 5.07. The number of hydrogen-bond acceptors (Lipinski definition) is 6. The van der Waals surface area contributed by atoms with Gasteiger partial charge in [-0.1, -0.05) is 0 Å². The Balaban J connectivity index is 1.44. The maximum Gasteiger partial charge on any atom is 0.268 e. The first-order chi connectivity index (χ1) is 15.5. The summed E-state index contributed by atoms with van der Waals surface area (Å²) in [5.74, 6) is -0.963. The predicted molar refractivity (Wildman–Crippen MR) is 117 cm³/mol. The summed E-state index contributed by atoms with van der Waals surface area (Å²) in [6.45, 7) is 3.19. The first kappa shape index (κ1) is 21.3. The van der Waals surface area contributed by atoms with Crippen LogP contribution < -0.4 is 10.9 Å². The standard InChI is InChI=1S/C23H29FN4O4/c24-15-3-5-16(6-4-15)26-21(30)18-19(29)17-2-1-9-25-20(17)28(22(18)31)11-10-27-12-13-32-14-23(27)7-8-23/h1-2,9,15-16,29H,3-8,10-14H2,(H,26,30)/t15-,16+. The van der Waals surface area contributed by atoms with E-state index in [4.69, 9.17) is 4.74 Å². The van der Waals surface area contributed by atoms with E-state index in [1.54, 1.807) is 18.3 Å². The number of amides is 1. The van der Waals surface area contributed by atoms with Crippen LogP contribution in [0.4, 0.5) is 4.39 Å². The van der Waals surface area contributed by atoms with Gasteiger partial charge in [0.05, 0.1) is 18.6 Å². The normalized spacial score (nSPS) is 25.2. The van der Waals surface area contributed by atoms with Gasteiger partial charge in [-0.15, -0.1) is 0 Å². The zero-order valence-corrected chi connectivity index (χ0v) is 18.1. The van der Waals surface area contributed by atoms with Crippen molar-refractivity contribution < 1.29 is 19.0 Å². The van der Waals surface area contributed by atoms with E-state index < -0.39 is 17.6 Å². The molecule has 5 rings (SSSR count). The van der Waals surface area contributed by atoms with Crippen molar-refractivity contribution in [1.82, 2.24) is 19.8 Å². The maximum absolute atomic E-state index is 13.4. The fourth-order valence-corrected chi connectivity index (χ4v) is 5.07. The summed E-state index contributed by atoms with van der Waals surface area (Å²) < 4.78 is 20.6. The molecule has 2 aromatic rings. The number of ether oxygens (including phenoxy) is 1. The fraction of sp³-hybridized carbons (Fsp3) is 0.609. The van der Waals surface area contributed by atoms with Gasteiger partial charge < -0.3 is 15.2 Å². The van der Waals surface area contributed by atoms with Crippen molar-refractivity contribution in [2.24, 2.45) is 0 Å². The van der Waals surface area contributed by atoms with E-state index in [9.17, 15) is 19.1 Å². The van der Waals surface area contributed by atoms with Crippen molar-refractivity contribution in [3.63, 3.8) is 0 Å². The van der Waals surface area contributed by atoms with Gasteiger partial charge in [0.1, 0.15) is 23.1 Å². The van der Waals surface area contributed by atoms with Gasteiger partial charge in [-0.2, -0.15) is 0 Å². The van der Waals surface area contributed by atoms with E-state index in [1.165, 1.54) is 4.57 Å². The molecule has 1 amide bonds. The number of rotatable bonds is 5. The molecule has 1 spiro atoms. The molecule has 0 aromatic carbocycles. The monoisotopic (exact) mass is 444 g/mol. The molecule has 3 fully saturated rings. The Kier molecular flexibility index (Phi) is 5.63. The Morgan fingerprint density at radius 1 is 1.28 bits per heavy atom. The Hall–Kier alpha value is -2.52. The second kappa shape index (κ2) is 8.44. The molecule has 172 valence electrons. The average molecular weight is 445 g/mol. The number of nitrogens with one attached hydrogen (secondary N) is 1. The number of halogens is 1. The quantitative estimate of drug-likeness (QED) is 0.732. The number of hydrogen-bond donors (Lipinski definition) is 2. The van der Waals surface area contributed by atoms with Crippen LogP contribution in [0, 0.1) is 0 Å². The highest BCUT2D eigenvalue weighted by Crippen LogP contribution is 2.43. The summed E-state index contributed by atoms with van der Waals surface area (Å²) in [7, 11) is 0. The first-order valence-corrected chi connectivity index (χ1v) is 11.5. The van der Waals surface area contributed by atoms with Crippen LogP contribution >= 0.6 is 0 Å². The second-order valence-electron chi connectivity index (χ2n) is 9.24. The largest absolute Gasteiger partial charge is 0.506 e. The minimum Gasteiger partial charge on any atom is -0.506 e. The molecule has 8 nitrogen and oxygen atoms in total. The summed E-state index contributed by atoms with van der Waals surface area (Å²) in [6.07, 6.45) is 4.75. The predicted octanol–water partition coefficient (Wildman–Crippen LogP) is 1.98. The topological polar surface area (TPSA) is 96.7 Å². The highest BCUT2D eigenvalue weighted by atomic mass is 19.1. The molecular weight excluding hydrogens is 415 g/mol. The number of fused-ring (bicyclic) bond motifs is 1. The number of aromatic nitrogens is 2. The number of carbonyl (C=O) groups is 1. The molecule has 1 saturated heterocycles. The Labute approximate surface area is 185 Å². The SMILES string of the molecule is O=C(N[C@H]1CC[C@@H](F)CC1)c1c(O)c2cccnc2n(CCN2CCOCC23CC3)c1=O. The number of alkyl halides is 1. The van der Waals surface area contributed by atoms with Crippen LogP contribution in [0.3, 0.4) is 0 Å². The molecule has 3 heterocycles. The van der Waals surface area contributed by atoms with Gasteiger partial charge in [0.15, 0.2) is 0 Å². The Morgan fingerprint density at radius 3 is 2.81 bits per heavy atom. The van der Waals surface area contributed by atoms with Crippen molar-refractivity contribution in [2.75, 3.05) is 26.3 Å². The minimum atomic E-state index is -0.838. The lowest BCUT2D eigenvalue weighted by Crippen LogP contribution is -2.49. The van der Waals surface area contributed by atoms with Gasteiger partial charge in [-0.3, -0.25) is 19.1 Å². The lowest BCUT2D eigenvalue weighted by atomic mass is 9.94. The minimum absolute atomic E-state index is 0.0808. The molecule has 2 saturated carbocycles. The third-order valence-electron chi connectivity index (χ3n) is 7.18. The number of pyridine rings is 2. The lowest BCUT2D eigenvalue weighted by molar-refractivity contribution is -0.0215. The van der Waals surface area contributed by atoms with Crippen LogP contribution in [0.2, 0.25) is 0 Å². The Morgan fingerprint density at radius 2 is 2.06 bits per heavy atom. The highest BCUT2D eigenvalue weighted by molar-refractivity contribution is 6.01. The van der Waals surface area contributed by atoms with E-state index >= 15 is 0 Å². The van der Waals surface area contributed by atoms with E-state index in [-0.39, 0.29) is 22.9 Å². The molecule has 9 heteroatoms. The van der Waals surface area contributed by atoms with E-state index in [0.29, 0.717) is 63.0 Å². The molecule has 3 aliphatic rings. The smallest absolute Gasteiger partial charge is 0.268 e. The summed E-state index contributed by atoms with van der Waals surface area (Å²) in [5.41, 5.74) is -0.376. The van der Waals surface area contributed by atoms with Crippen LogP contribution in [-0.4, -0.2) is 69.5 Å². The zero-order chi connectivity index (χ0) is 22.3. The van der Waals surface area contributed by atoms with Gasteiger partial charge in [-0.25, -0.2) is 9.37 Å². The summed E-state index contributed by atoms with van der Waals surface area (Å²) in [4.78, 5) is 33.1. The number of carbonyl (C=O) groups excluding carboxylic acids is 1. The number of aromatic hydroxyl groups is 1. The molecule has 0 radical (unpaired) electrons. The van der Waals surface area contributed by atoms with Crippen LogP contribution in [-0.2, 0) is 11.3 Å². The lowest BCUT2D eigenvalue weighted by Gasteiger charge is -2.36. The van der Waals surface area contributed by atoms with Gasteiger partial charge in [0.25, 0.3) is 11.5 Å². The maximum atomic E-state index is 13.4. The second-order valence-corrected chi connectivity index (χ2v) is 9.24. The Bertz CT molecular complexity index is 1080. The molecule has 0 atom stereocenters. The number of morpholine rings is 1. The van der Waals surface area contributed by atoms with Gasteiger partial charge >= 0.3 is 0 Å². The van der Waals surface area contributed by atoms with Crippen LogP contribution in [0.5, 0.6) is 5.75 Å². The van der Waals surface area contributed by atoms with Gasteiger partial charge in [0, 0.05) is 37.4 Å². The van der Waals surface area contributed by atoms with E-state index in [2.05, 4.69) is 15.2 Å². The van der Waals surface area contributed by atoms with Gasteiger partial charge in [0.2, 0.25) is 0 Å². The summed E-state index contributed by atoms with van der Waals surface area (Å²) in [5, 5.41) is 14.0. The molecule has 1 aliphatic heterocycles. The number of nitrogens with zero attached hydrogens (tertiary/aromatic N) is 3. The molecule has 0 unspecified atom stereocenters. The molecule has 2 aromatic heterocycles. The van der Waals surface area contributed by atoms with Crippen molar-refractivity contribution in [1.29, 1.82) is 0 Å². The van der Waals surface area contributed by atoms with Crippen molar-refractivity contribution >= 4 is 16.9 Å². The first-order valence-electron chi connectivity index (χ1n) is 11.5. The van der Waals surface area contributed by atoms with Crippen LogP contribution in [0.1, 0.15) is 48.9 Å². The molecule has 0 bridgehead atoms. The third-order valence-corrected chi connectivity index (χ3v) is 7.18. The molecule has 2 N–H and O–H groups in total. The van der Waals surface area contributed by atoms with Crippen molar-refractivity contribution in [3.05, 3.63) is 34.2 Å². The van der Waals surface area contributed by atoms with E-state index in [0.717, 1.165) is 19.4 Å². The third kappa shape index (κ3) is 3.88. The summed E-state index contributed by atoms with van der Waals surface area (Å²) in [6, 6.07) is 3.13. The zero-order valence-electron chi connectivity index (χ0n) is 18.1. The van der Waals surface area contributed by atoms with Gasteiger partial charge in [-0.05, 0) is 50.7 Å². The average Bonchev–Trinajstić information content (AvgIpc) is 3.56. The summed E-state index contributed by atoms with van der Waals surface area (Å²) >= 11 is 0. The molecule has 2 aliphatic carbocycles. The molecular formula is C23H29FN4O4. The van der Waals surface area contributed by atoms with E-state index in [1.807, 2.05) is 0 Å². The van der Waals surface area contributed by atoms with Crippen molar-refractivity contribution in [3.8, 4) is 5.75 Å². The van der Waals surface area contributed by atoms with Crippen molar-refractivity contribution in [2.45, 2.75) is 62.8 Å². The molecule has 32 heavy (non-hydrogen) atoms.